The van der Waals surface area contributed by atoms with E-state index >= 15 is 0 Å². The highest BCUT2D eigenvalue weighted by atomic mass is 35.5. The van der Waals surface area contributed by atoms with Crippen molar-refractivity contribution in [3.05, 3.63) is 28.8 Å². The number of anilines is 1. The third-order valence-corrected chi connectivity index (χ3v) is 2.42. The zero-order valence-corrected chi connectivity index (χ0v) is 9.26. The van der Waals surface area contributed by atoms with E-state index in [1.54, 1.807) is 0 Å². The summed E-state index contributed by atoms with van der Waals surface area (Å²) in [6.07, 6.45) is 0.919. The lowest BCUT2D eigenvalue weighted by atomic mass is 10.2. The first kappa shape index (κ1) is 11.8. The number of benzene rings is 1. The molecule has 1 aromatic rings. The number of aromatic carboxylic acids is 1. The van der Waals surface area contributed by atoms with E-state index < -0.39 is 16.0 Å². The van der Waals surface area contributed by atoms with Crippen LogP contribution in [0.4, 0.5) is 5.69 Å². The molecule has 0 amide bonds. The lowest BCUT2D eigenvalue weighted by Crippen LogP contribution is -2.13. The quantitative estimate of drug-likeness (QED) is 0.848. The van der Waals surface area contributed by atoms with Crippen LogP contribution in [-0.4, -0.2) is 25.7 Å². The van der Waals surface area contributed by atoms with Crippen molar-refractivity contribution >= 4 is 33.3 Å². The Morgan fingerprint density at radius 1 is 1.47 bits per heavy atom. The zero-order chi connectivity index (χ0) is 11.6. The van der Waals surface area contributed by atoms with E-state index in [-0.39, 0.29) is 16.3 Å². The van der Waals surface area contributed by atoms with E-state index in [9.17, 15) is 13.2 Å². The van der Waals surface area contributed by atoms with E-state index in [2.05, 4.69) is 4.72 Å². The van der Waals surface area contributed by atoms with Crippen LogP contribution >= 0.6 is 11.6 Å². The summed E-state index contributed by atoms with van der Waals surface area (Å²) in [6, 6.07) is 4.10. The van der Waals surface area contributed by atoms with Gasteiger partial charge in [-0.25, -0.2) is 13.2 Å². The van der Waals surface area contributed by atoms with Crippen LogP contribution < -0.4 is 4.72 Å². The number of halogens is 1. The monoisotopic (exact) mass is 249 g/mol. The van der Waals surface area contributed by atoms with E-state index in [1.807, 2.05) is 0 Å². The molecule has 0 aliphatic rings. The van der Waals surface area contributed by atoms with Gasteiger partial charge >= 0.3 is 5.97 Å². The van der Waals surface area contributed by atoms with E-state index in [0.29, 0.717) is 0 Å². The van der Waals surface area contributed by atoms with Crippen molar-refractivity contribution in [2.45, 2.75) is 0 Å². The fraction of sp³-hybridized carbons (Fsp3) is 0.125. The highest BCUT2D eigenvalue weighted by Crippen LogP contribution is 2.26. The van der Waals surface area contributed by atoms with Gasteiger partial charge < -0.3 is 5.11 Å². The topological polar surface area (TPSA) is 83.5 Å². The van der Waals surface area contributed by atoms with Crippen LogP contribution in [0.25, 0.3) is 0 Å². The molecule has 1 aromatic carbocycles. The second-order valence-electron chi connectivity index (χ2n) is 2.84. The van der Waals surface area contributed by atoms with Crippen molar-refractivity contribution < 1.29 is 18.3 Å². The summed E-state index contributed by atoms with van der Waals surface area (Å²) in [5.41, 5.74) is -0.304. The summed E-state index contributed by atoms with van der Waals surface area (Å²) in [4.78, 5) is 10.8. The van der Waals surface area contributed by atoms with Gasteiger partial charge in [-0.2, -0.15) is 0 Å². The van der Waals surface area contributed by atoms with Crippen LogP contribution in [0.2, 0.25) is 5.02 Å². The number of carboxylic acid groups (broad SMARTS) is 1. The molecule has 7 heteroatoms. The number of carboxylic acids is 1. The molecule has 15 heavy (non-hydrogen) atoms. The van der Waals surface area contributed by atoms with Gasteiger partial charge in [0.2, 0.25) is 10.0 Å². The second-order valence-corrected chi connectivity index (χ2v) is 5.00. The summed E-state index contributed by atoms with van der Waals surface area (Å²) < 4.78 is 24.0. The number of sulfonamides is 1. The molecule has 0 aliphatic heterocycles. The summed E-state index contributed by atoms with van der Waals surface area (Å²) in [7, 11) is -3.55. The number of para-hydroxylation sites is 1. The molecule has 0 aliphatic carbocycles. The normalized spacial score (nSPS) is 11.1. The molecular formula is C8H8ClNO4S. The highest BCUT2D eigenvalue weighted by molar-refractivity contribution is 7.92. The Kier molecular flexibility index (Phi) is 3.21. The average molecular weight is 250 g/mol. The van der Waals surface area contributed by atoms with Crippen molar-refractivity contribution in [2.75, 3.05) is 11.0 Å². The first-order chi connectivity index (χ1) is 6.81. The van der Waals surface area contributed by atoms with Crippen molar-refractivity contribution in [2.24, 2.45) is 0 Å². The van der Waals surface area contributed by atoms with Crippen LogP contribution in [0.1, 0.15) is 10.4 Å². The minimum absolute atomic E-state index is 0.0420. The van der Waals surface area contributed by atoms with E-state index in [0.717, 1.165) is 6.26 Å². The molecule has 0 heterocycles. The lowest BCUT2D eigenvalue weighted by molar-refractivity contribution is 0.0698. The smallest absolute Gasteiger partial charge is 0.337 e. The molecule has 82 valence electrons. The Labute approximate surface area is 91.7 Å². The molecule has 0 saturated carbocycles. The predicted octanol–water partition coefficient (Wildman–Crippen LogP) is 1.41. The molecule has 0 bridgehead atoms. The first-order valence-electron chi connectivity index (χ1n) is 3.81. The molecule has 0 spiro atoms. The fourth-order valence-corrected chi connectivity index (χ4v) is 1.86. The maximum absolute atomic E-state index is 11.0. The Morgan fingerprint density at radius 2 is 2.07 bits per heavy atom. The first-order valence-corrected chi connectivity index (χ1v) is 6.08. The van der Waals surface area contributed by atoms with E-state index in [1.165, 1.54) is 18.2 Å². The lowest BCUT2D eigenvalue weighted by Gasteiger charge is -2.08. The van der Waals surface area contributed by atoms with Crippen LogP contribution in [0.15, 0.2) is 18.2 Å². The number of carbonyl (C=O) groups is 1. The number of hydrogen-bond acceptors (Lipinski definition) is 3. The molecule has 0 atom stereocenters. The zero-order valence-electron chi connectivity index (χ0n) is 7.69. The summed E-state index contributed by atoms with van der Waals surface area (Å²) in [6.45, 7) is 0. The van der Waals surface area contributed by atoms with Gasteiger partial charge in [0.1, 0.15) is 0 Å². The Bertz CT molecular complexity index is 497. The Balaban J connectivity index is 3.32. The van der Waals surface area contributed by atoms with Gasteiger partial charge in [-0.15, -0.1) is 0 Å². The third kappa shape index (κ3) is 3.10. The van der Waals surface area contributed by atoms with Gasteiger partial charge in [-0.3, -0.25) is 4.72 Å². The van der Waals surface area contributed by atoms with Gasteiger partial charge in [0.05, 0.1) is 22.5 Å². The molecule has 5 nitrogen and oxygen atoms in total. The highest BCUT2D eigenvalue weighted by Gasteiger charge is 2.15. The Hall–Kier alpha value is -1.27. The fourth-order valence-electron chi connectivity index (χ4n) is 0.991. The molecule has 0 fully saturated rings. The molecule has 1 rings (SSSR count). The second kappa shape index (κ2) is 4.08. The average Bonchev–Trinajstić information content (AvgIpc) is 2.05. The van der Waals surface area contributed by atoms with Crippen LogP contribution in [0.3, 0.4) is 0 Å². The van der Waals surface area contributed by atoms with Crippen molar-refractivity contribution in [1.29, 1.82) is 0 Å². The van der Waals surface area contributed by atoms with Gasteiger partial charge in [0, 0.05) is 0 Å². The number of hydrogen-bond donors (Lipinski definition) is 2. The summed E-state index contributed by atoms with van der Waals surface area (Å²) >= 11 is 5.69. The van der Waals surface area contributed by atoms with Gasteiger partial charge in [0.15, 0.2) is 0 Å². The Morgan fingerprint density at radius 3 is 2.53 bits per heavy atom. The summed E-state index contributed by atoms with van der Waals surface area (Å²) in [5, 5.41) is 8.84. The molecule has 2 N–H and O–H groups in total. The number of nitrogens with one attached hydrogen (secondary N) is 1. The molecule has 0 unspecified atom stereocenters. The van der Waals surface area contributed by atoms with Gasteiger partial charge in [0.25, 0.3) is 0 Å². The van der Waals surface area contributed by atoms with Crippen molar-refractivity contribution in [3.63, 3.8) is 0 Å². The minimum Gasteiger partial charge on any atom is -0.478 e. The van der Waals surface area contributed by atoms with Crippen LogP contribution in [0, 0.1) is 0 Å². The third-order valence-electron chi connectivity index (χ3n) is 1.53. The van der Waals surface area contributed by atoms with Gasteiger partial charge in [-0.1, -0.05) is 17.7 Å². The SMILES string of the molecule is CS(=O)(=O)Nc1c(Cl)cccc1C(=O)O. The number of rotatable bonds is 3. The maximum Gasteiger partial charge on any atom is 0.337 e. The molecule has 0 aromatic heterocycles. The summed E-state index contributed by atoms with van der Waals surface area (Å²) in [5.74, 6) is -1.25. The molecular weight excluding hydrogens is 242 g/mol. The molecule has 0 radical (unpaired) electrons. The van der Waals surface area contributed by atoms with Gasteiger partial charge in [-0.05, 0) is 12.1 Å². The van der Waals surface area contributed by atoms with Crippen molar-refractivity contribution in [3.8, 4) is 0 Å². The van der Waals surface area contributed by atoms with Crippen molar-refractivity contribution in [1.82, 2.24) is 0 Å². The van der Waals surface area contributed by atoms with E-state index in [4.69, 9.17) is 16.7 Å². The standard InChI is InChI=1S/C8H8ClNO4S/c1-15(13,14)10-7-5(8(11)12)3-2-4-6(7)9/h2-4,10H,1H3,(H,11,12). The molecule has 0 saturated heterocycles. The van der Waals surface area contributed by atoms with Crippen LogP contribution in [0.5, 0.6) is 0 Å². The largest absolute Gasteiger partial charge is 0.478 e. The predicted molar refractivity (Wildman–Crippen MR) is 56.9 cm³/mol. The maximum atomic E-state index is 11.0. The van der Waals surface area contributed by atoms with Crippen LogP contribution in [-0.2, 0) is 10.0 Å². The minimum atomic E-state index is -3.55.